The maximum Gasteiger partial charge on any atom is 0.0951 e. The number of benzene rings is 2. The van der Waals surface area contributed by atoms with Crippen molar-refractivity contribution in [1.82, 2.24) is 10.3 Å². The Balaban J connectivity index is 1.78. The zero-order valence-electron chi connectivity index (χ0n) is 12.0. The van der Waals surface area contributed by atoms with Crippen molar-refractivity contribution in [2.45, 2.75) is 12.5 Å². The second-order valence-corrected chi connectivity index (χ2v) is 5.89. The molecule has 1 heterocycles. The van der Waals surface area contributed by atoms with E-state index in [9.17, 15) is 0 Å². The fraction of sp³-hybridized carbons (Fsp3) is 0.167. The van der Waals surface area contributed by atoms with Gasteiger partial charge in [0.15, 0.2) is 0 Å². The van der Waals surface area contributed by atoms with E-state index in [4.69, 9.17) is 4.98 Å². The van der Waals surface area contributed by atoms with Crippen molar-refractivity contribution in [3.05, 3.63) is 76.6 Å². The summed E-state index contributed by atoms with van der Waals surface area (Å²) in [4.78, 5) is 4.77. The summed E-state index contributed by atoms with van der Waals surface area (Å²) in [5.74, 6) is 0. The van der Waals surface area contributed by atoms with Crippen LogP contribution in [0.5, 0.6) is 0 Å². The molecule has 0 saturated carbocycles. The van der Waals surface area contributed by atoms with Crippen LogP contribution in [0.4, 0.5) is 0 Å². The summed E-state index contributed by atoms with van der Waals surface area (Å²) in [6.45, 7) is 0. The van der Waals surface area contributed by atoms with Gasteiger partial charge in [-0.25, -0.2) is 4.98 Å². The highest BCUT2D eigenvalue weighted by Gasteiger charge is 2.12. The highest BCUT2D eigenvalue weighted by atomic mass is 32.1. The van der Waals surface area contributed by atoms with Crippen LogP contribution in [0.3, 0.4) is 0 Å². The lowest BCUT2D eigenvalue weighted by atomic mass is 10.0. The molecule has 3 heteroatoms. The molecule has 21 heavy (non-hydrogen) atoms. The zero-order chi connectivity index (χ0) is 14.5. The Kier molecular flexibility index (Phi) is 4.43. The smallest absolute Gasteiger partial charge is 0.0951 e. The molecule has 2 nitrogen and oxygen atoms in total. The Morgan fingerprint density at radius 1 is 1.00 bits per heavy atom. The van der Waals surface area contributed by atoms with Gasteiger partial charge >= 0.3 is 0 Å². The molecule has 0 spiro atoms. The Hall–Kier alpha value is -1.97. The fourth-order valence-electron chi connectivity index (χ4n) is 2.39. The van der Waals surface area contributed by atoms with Gasteiger partial charge < -0.3 is 5.32 Å². The number of aromatic nitrogens is 1. The van der Waals surface area contributed by atoms with Gasteiger partial charge in [-0.2, -0.15) is 0 Å². The lowest BCUT2D eigenvalue weighted by Gasteiger charge is -2.14. The first-order valence-electron chi connectivity index (χ1n) is 7.09. The molecule has 0 aliphatic rings. The van der Waals surface area contributed by atoms with Crippen molar-refractivity contribution >= 4 is 11.3 Å². The van der Waals surface area contributed by atoms with E-state index < -0.39 is 0 Å². The first kappa shape index (κ1) is 14.0. The topological polar surface area (TPSA) is 24.9 Å². The number of thiazole rings is 1. The summed E-state index contributed by atoms with van der Waals surface area (Å²) in [6, 6.07) is 21.2. The summed E-state index contributed by atoms with van der Waals surface area (Å²) in [5.41, 5.74) is 3.55. The summed E-state index contributed by atoms with van der Waals surface area (Å²) in [6.07, 6.45) is 0.915. The first-order valence-corrected chi connectivity index (χ1v) is 7.97. The highest BCUT2D eigenvalue weighted by molar-refractivity contribution is 7.09. The van der Waals surface area contributed by atoms with Crippen LogP contribution in [0.25, 0.3) is 11.3 Å². The Bertz CT molecular complexity index is 677. The predicted octanol–water partition coefficient (Wildman–Crippen LogP) is 4.31. The molecule has 106 valence electrons. The van der Waals surface area contributed by atoms with E-state index >= 15 is 0 Å². The Morgan fingerprint density at radius 3 is 2.33 bits per heavy atom. The van der Waals surface area contributed by atoms with E-state index in [0.717, 1.165) is 17.1 Å². The average Bonchev–Trinajstić information content (AvgIpc) is 3.03. The highest BCUT2D eigenvalue weighted by Crippen LogP contribution is 2.25. The van der Waals surface area contributed by atoms with Crippen molar-refractivity contribution in [3.8, 4) is 11.3 Å². The lowest BCUT2D eigenvalue weighted by Crippen LogP contribution is -2.18. The van der Waals surface area contributed by atoms with Crippen LogP contribution in [0.15, 0.2) is 66.0 Å². The molecular weight excluding hydrogens is 276 g/mol. The van der Waals surface area contributed by atoms with E-state index in [1.54, 1.807) is 11.3 Å². The molecule has 1 N–H and O–H groups in total. The molecule has 0 aliphatic carbocycles. The number of rotatable bonds is 5. The van der Waals surface area contributed by atoms with Crippen LogP contribution in [0, 0.1) is 0 Å². The molecule has 0 saturated heterocycles. The number of nitrogens with one attached hydrogen (secondary N) is 1. The number of likely N-dealkylation sites (N-methyl/N-ethyl adjacent to an activating group) is 1. The van der Waals surface area contributed by atoms with Gasteiger partial charge in [-0.15, -0.1) is 11.3 Å². The molecule has 0 radical (unpaired) electrons. The fourth-order valence-corrected chi connectivity index (χ4v) is 3.24. The molecular formula is C18H18N2S. The molecule has 0 amide bonds. The molecule has 1 aromatic heterocycles. The monoisotopic (exact) mass is 294 g/mol. The van der Waals surface area contributed by atoms with E-state index in [1.165, 1.54) is 11.1 Å². The predicted molar refractivity (Wildman–Crippen MR) is 89.5 cm³/mol. The molecule has 1 unspecified atom stereocenters. The normalized spacial score (nSPS) is 12.2. The molecule has 3 aromatic rings. The van der Waals surface area contributed by atoms with Crippen LogP contribution in [-0.4, -0.2) is 12.0 Å². The van der Waals surface area contributed by atoms with Gasteiger partial charge in [0.25, 0.3) is 0 Å². The van der Waals surface area contributed by atoms with E-state index in [2.05, 4.69) is 59.2 Å². The van der Waals surface area contributed by atoms with Crippen molar-refractivity contribution < 1.29 is 0 Å². The second kappa shape index (κ2) is 6.66. The van der Waals surface area contributed by atoms with Crippen LogP contribution < -0.4 is 5.32 Å². The van der Waals surface area contributed by atoms with Gasteiger partial charge in [0.2, 0.25) is 0 Å². The van der Waals surface area contributed by atoms with Crippen LogP contribution in [0.2, 0.25) is 0 Å². The second-order valence-electron chi connectivity index (χ2n) is 4.95. The first-order chi connectivity index (χ1) is 10.4. The average molecular weight is 294 g/mol. The molecule has 2 aromatic carbocycles. The Labute approximate surface area is 129 Å². The van der Waals surface area contributed by atoms with E-state index in [-0.39, 0.29) is 0 Å². The van der Waals surface area contributed by atoms with Crippen LogP contribution in [-0.2, 0) is 6.42 Å². The minimum Gasteiger partial charge on any atom is -0.313 e. The van der Waals surface area contributed by atoms with Crippen molar-refractivity contribution in [2.75, 3.05) is 7.05 Å². The van der Waals surface area contributed by atoms with Gasteiger partial charge in [0.05, 0.1) is 10.7 Å². The van der Waals surface area contributed by atoms with Gasteiger partial charge in [-0.05, 0) is 12.6 Å². The third kappa shape index (κ3) is 3.38. The SMILES string of the molecule is CNC(Cc1nc(-c2ccccc2)cs1)c1ccccc1. The molecule has 3 rings (SSSR count). The Morgan fingerprint density at radius 2 is 1.67 bits per heavy atom. The van der Waals surface area contributed by atoms with Crippen LogP contribution >= 0.6 is 11.3 Å². The quantitative estimate of drug-likeness (QED) is 0.758. The summed E-state index contributed by atoms with van der Waals surface area (Å²) >= 11 is 1.73. The standard InChI is InChI=1S/C18H18N2S/c1-19-16(14-8-4-2-5-9-14)12-18-20-17(13-21-18)15-10-6-3-7-11-15/h2-11,13,16,19H,12H2,1H3. The van der Waals surface area contributed by atoms with Crippen molar-refractivity contribution in [1.29, 1.82) is 0 Å². The molecule has 0 aliphatic heterocycles. The van der Waals surface area contributed by atoms with Crippen molar-refractivity contribution in [2.24, 2.45) is 0 Å². The van der Waals surface area contributed by atoms with E-state index in [1.807, 2.05) is 19.2 Å². The summed E-state index contributed by atoms with van der Waals surface area (Å²) in [5, 5.41) is 6.69. The largest absolute Gasteiger partial charge is 0.313 e. The number of nitrogens with zero attached hydrogens (tertiary/aromatic N) is 1. The van der Waals surface area contributed by atoms with Crippen molar-refractivity contribution in [3.63, 3.8) is 0 Å². The van der Waals surface area contributed by atoms with Crippen LogP contribution in [0.1, 0.15) is 16.6 Å². The lowest BCUT2D eigenvalue weighted by molar-refractivity contribution is 0.590. The minimum atomic E-state index is 0.306. The third-order valence-electron chi connectivity index (χ3n) is 3.55. The van der Waals surface area contributed by atoms with Gasteiger partial charge in [0, 0.05) is 23.4 Å². The number of hydrogen-bond acceptors (Lipinski definition) is 3. The van der Waals surface area contributed by atoms with Gasteiger partial charge in [0.1, 0.15) is 0 Å². The maximum atomic E-state index is 4.77. The van der Waals surface area contributed by atoms with E-state index in [0.29, 0.717) is 6.04 Å². The third-order valence-corrected chi connectivity index (χ3v) is 4.42. The van der Waals surface area contributed by atoms with Gasteiger partial charge in [-0.3, -0.25) is 0 Å². The molecule has 0 fully saturated rings. The minimum absolute atomic E-state index is 0.306. The zero-order valence-corrected chi connectivity index (χ0v) is 12.8. The van der Waals surface area contributed by atoms with Gasteiger partial charge in [-0.1, -0.05) is 60.7 Å². The maximum absolute atomic E-state index is 4.77. The summed E-state index contributed by atoms with van der Waals surface area (Å²) in [7, 11) is 2.00. The molecule has 1 atom stereocenters. The molecule has 0 bridgehead atoms. The summed E-state index contributed by atoms with van der Waals surface area (Å²) < 4.78 is 0. The number of hydrogen-bond donors (Lipinski definition) is 1.